The lowest BCUT2D eigenvalue weighted by molar-refractivity contribution is 0.139. The van der Waals surface area contributed by atoms with Crippen LogP contribution in [0.5, 0.6) is 0 Å². The molecule has 2 rings (SSSR count). The number of aliphatic hydroxyl groups is 1. The summed E-state index contributed by atoms with van der Waals surface area (Å²) in [5, 5.41) is 14.2. The molecule has 0 saturated heterocycles. The van der Waals surface area contributed by atoms with Crippen LogP contribution in [0.3, 0.4) is 0 Å². The van der Waals surface area contributed by atoms with E-state index in [9.17, 15) is 5.11 Å². The number of nitrogens with zero attached hydrogens (tertiary/aromatic N) is 2. The van der Waals surface area contributed by atoms with E-state index < -0.39 is 0 Å². The summed E-state index contributed by atoms with van der Waals surface area (Å²) in [6.45, 7) is 4.27. The molecule has 1 aliphatic rings. The smallest absolute Gasteiger partial charge is 0.0624 e. The maximum Gasteiger partial charge on any atom is 0.0624 e. The van der Waals surface area contributed by atoms with Gasteiger partial charge in [-0.3, -0.25) is 4.68 Å². The second-order valence-corrected chi connectivity index (χ2v) is 5.18. The van der Waals surface area contributed by atoms with E-state index in [1.165, 1.54) is 12.8 Å². The zero-order chi connectivity index (χ0) is 11.5. The van der Waals surface area contributed by atoms with Gasteiger partial charge >= 0.3 is 0 Å². The fourth-order valence-corrected chi connectivity index (χ4v) is 2.01. The number of aryl methyl sites for hydroxylation is 1. The second-order valence-electron chi connectivity index (χ2n) is 5.18. The SMILES string of the molecule is CC(C)n1ccc(CCCC(O)C2CC2)n1. The van der Waals surface area contributed by atoms with Gasteiger partial charge in [0.2, 0.25) is 0 Å². The van der Waals surface area contributed by atoms with Gasteiger partial charge in [0.05, 0.1) is 11.8 Å². The van der Waals surface area contributed by atoms with Gasteiger partial charge in [0.15, 0.2) is 0 Å². The molecule has 0 radical (unpaired) electrons. The van der Waals surface area contributed by atoms with Crippen molar-refractivity contribution in [1.29, 1.82) is 0 Å². The van der Waals surface area contributed by atoms with Crippen LogP contribution >= 0.6 is 0 Å². The van der Waals surface area contributed by atoms with Gasteiger partial charge in [-0.1, -0.05) is 0 Å². The Hall–Kier alpha value is -0.830. The quantitative estimate of drug-likeness (QED) is 0.803. The Morgan fingerprint density at radius 1 is 1.50 bits per heavy atom. The first-order chi connectivity index (χ1) is 7.66. The molecule has 0 aromatic carbocycles. The summed E-state index contributed by atoms with van der Waals surface area (Å²) < 4.78 is 1.99. The van der Waals surface area contributed by atoms with Gasteiger partial charge in [-0.25, -0.2) is 0 Å². The van der Waals surface area contributed by atoms with E-state index in [0.29, 0.717) is 12.0 Å². The number of aromatic nitrogens is 2. The van der Waals surface area contributed by atoms with E-state index in [0.717, 1.165) is 25.0 Å². The highest BCUT2D eigenvalue weighted by molar-refractivity contribution is 4.99. The van der Waals surface area contributed by atoms with Crippen molar-refractivity contribution in [2.75, 3.05) is 0 Å². The lowest BCUT2D eigenvalue weighted by atomic mass is 10.1. The fraction of sp³-hybridized carbons (Fsp3) is 0.769. The van der Waals surface area contributed by atoms with Crippen molar-refractivity contribution in [3.8, 4) is 0 Å². The molecular formula is C13H22N2O. The molecule has 16 heavy (non-hydrogen) atoms. The van der Waals surface area contributed by atoms with Crippen LogP contribution in [0.4, 0.5) is 0 Å². The molecule has 0 bridgehead atoms. The van der Waals surface area contributed by atoms with Crippen LogP contribution in [0, 0.1) is 5.92 Å². The van der Waals surface area contributed by atoms with Gasteiger partial charge in [-0.05, 0) is 57.9 Å². The van der Waals surface area contributed by atoms with Crippen molar-refractivity contribution in [1.82, 2.24) is 9.78 Å². The summed E-state index contributed by atoms with van der Waals surface area (Å²) in [6, 6.07) is 2.52. The minimum Gasteiger partial charge on any atom is -0.393 e. The standard InChI is InChI=1S/C13H22N2O/c1-10(2)15-9-8-12(14-15)4-3-5-13(16)11-6-7-11/h8-11,13,16H,3-7H2,1-2H3. The summed E-state index contributed by atoms with van der Waals surface area (Å²) in [7, 11) is 0. The summed E-state index contributed by atoms with van der Waals surface area (Å²) in [4.78, 5) is 0. The maximum atomic E-state index is 9.73. The average molecular weight is 222 g/mol. The largest absolute Gasteiger partial charge is 0.393 e. The summed E-state index contributed by atoms with van der Waals surface area (Å²) >= 11 is 0. The predicted octanol–water partition coefficient (Wildman–Crippen LogP) is 2.56. The fourth-order valence-electron chi connectivity index (χ4n) is 2.01. The third kappa shape index (κ3) is 3.08. The van der Waals surface area contributed by atoms with E-state index in [1.54, 1.807) is 0 Å². The molecule has 1 atom stereocenters. The first kappa shape index (κ1) is 11.6. The van der Waals surface area contributed by atoms with Crippen LogP contribution in [0.15, 0.2) is 12.3 Å². The molecule has 1 saturated carbocycles. The van der Waals surface area contributed by atoms with Crippen molar-refractivity contribution in [2.45, 2.75) is 58.1 Å². The molecule has 90 valence electrons. The number of hydrogen-bond acceptors (Lipinski definition) is 2. The minimum atomic E-state index is -0.0628. The third-order valence-electron chi connectivity index (χ3n) is 3.29. The first-order valence-corrected chi connectivity index (χ1v) is 6.39. The molecular weight excluding hydrogens is 200 g/mol. The Morgan fingerprint density at radius 2 is 2.25 bits per heavy atom. The van der Waals surface area contributed by atoms with Gasteiger partial charge < -0.3 is 5.11 Å². The zero-order valence-corrected chi connectivity index (χ0v) is 10.3. The Balaban J connectivity index is 1.71. The Morgan fingerprint density at radius 3 is 2.81 bits per heavy atom. The Kier molecular flexibility index (Phi) is 3.64. The van der Waals surface area contributed by atoms with E-state index in [1.807, 2.05) is 10.9 Å². The van der Waals surface area contributed by atoms with Crippen LogP contribution in [0.1, 0.15) is 51.3 Å². The first-order valence-electron chi connectivity index (χ1n) is 6.39. The number of aliphatic hydroxyl groups excluding tert-OH is 1. The molecule has 1 aromatic rings. The van der Waals surface area contributed by atoms with Crippen LogP contribution in [-0.2, 0) is 6.42 Å². The van der Waals surface area contributed by atoms with Crippen LogP contribution < -0.4 is 0 Å². The molecule has 3 nitrogen and oxygen atoms in total. The van der Waals surface area contributed by atoms with E-state index in [-0.39, 0.29) is 6.10 Å². The van der Waals surface area contributed by atoms with Gasteiger partial charge in [0.25, 0.3) is 0 Å². The van der Waals surface area contributed by atoms with Gasteiger partial charge in [0.1, 0.15) is 0 Å². The highest BCUT2D eigenvalue weighted by atomic mass is 16.3. The average Bonchev–Trinajstić information content (AvgIpc) is 2.98. The molecule has 0 spiro atoms. The Bertz CT molecular complexity index is 328. The highest BCUT2D eigenvalue weighted by Crippen LogP contribution is 2.34. The van der Waals surface area contributed by atoms with E-state index in [4.69, 9.17) is 0 Å². The van der Waals surface area contributed by atoms with Crippen molar-refractivity contribution >= 4 is 0 Å². The molecule has 1 N–H and O–H groups in total. The summed E-state index contributed by atoms with van der Waals surface area (Å²) in [5.74, 6) is 0.605. The molecule has 1 aromatic heterocycles. The van der Waals surface area contributed by atoms with Crippen molar-refractivity contribution < 1.29 is 5.11 Å². The molecule has 1 aliphatic carbocycles. The highest BCUT2D eigenvalue weighted by Gasteiger charge is 2.28. The Labute approximate surface area is 97.5 Å². The van der Waals surface area contributed by atoms with Gasteiger partial charge in [0, 0.05) is 12.2 Å². The van der Waals surface area contributed by atoms with Crippen LogP contribution in [0.25, 0.3) is 0 Å². The van der Waals surface area contributed by atoms with E-state index >= 15 is 0 Å². The molecule has 1 fully saturated rings. The predicted molar refractivity (Wildman–Crippen MR) is 64.3 cm³/mol. The lowest BCUT2D eigenvalue weighted by Gasteiger charge is -2.07. The topological polar surface area (TPSA) is 38.0 Å². The zero-order valence-electron chi connectivity index (χ0n) is 10.3. The summed E-state index contributed by atoms with van der Waals surface area (Å²) in [6.07, 6.45) is 7.39. The van der Waals surface area contributed by atoms with E-state index in [2.05, 4.69) is 25.0 Å². The maximum absolute atomic E-state index is 9.73. The molecule has 0 amide bonds. The van der Waals surface area contributed by atoms with Crippen molar-refractivity contribution in [3.05, 3.63) is 18.0 Å². The molecule has 1 unspecified atom stereocenters. The van der Waals surface area contributed by atoms with Gasteiger partial charge in [-0.2, -0.15) is 5.10 Å². The number of rotatable bonds is 6. The molecule has 0 aliphatic heterocycles. The monoisotopic (exact) mass is 222 g/mol. The third-order valence-corrected chi connectivity index (χ3v) is 3.29. The van der Waals surface area contributed by atoms with Gasteiger partial charge in [-0.15, -0.1) is 0 Å². The minimum absolute atomic E-state index is 0.0628. The van der Waals surface area contributed by atoms with Crippen LogP contribution in [0.2, 0.25) is 0 Å². The lowest BCUT2D eigenvalue weighted by Crippen LogP contribution is -2.09. The normalized spacial score (nSPS) is 18.0. The second kappa shape index (κ2) is 5.00. The van der Waals surface area contributed by atoms with Crippen molar-refractivity contribution in [3.63, 3.8) is 0 Å². The molecule has 3 heteroatoms. The van der Waals surface area contributed by atoms with Crippen molar-refractivity contribution in [2.24, 2.45) is 5.92 Å². The molecule has 1 heterocycles. The van der Waals surface area contributed by atoms with Crippen LogP contribution in [-0.4, -0.2) is 21.0 Å². The summed E-state index contributed by atoms with van der Waals surface area (Å²) in [5.41, 5.74) is 1.15. The number of hydrogen-bond donors (Lipinski definition) is 1.